The van der Waals surface area contributed by atoms with Crippen LogP contribution < -0.4 is 4.90 Å². The lowest BCUT2D eigenvalue weighted by molar-refractivity contribution is 0.0376. The Kier molecular flexibility index (Phi) is 7.37. The molecule has 9 heteroatoms. The summed E-state index contributed by atoms with van der Waals surface area (Å²) in [6.45, 7) is 6.69. The van der Waals surface area contributed by atoms with Crippen LogP contribution in [0.1, 0.15) is 22.3 Å². The Morgan fingerprint density at radius 3 is 2.58 bits per heavy atom. The molecule has 0 bridgehead atoms. The first-order chi connectivity index (χ1) is 14.9. The van der Waals surface area contributed by atoms with Gasteiger partial charge in [-0.3, -0.25) is 14.6 Å². The van der Waals surface area contributed by atoms with Crippen molar-refractivity contribution in [1.82, 2.24) is 9.88 Å². The predicted octanol–water partition coefficient (Wildman–Crippen LogP) is 5.93. The number of nitrogens with zero attached hydrogens (tertiary/aromatic N) is 3. The Labute approximate surface area is 200 Å². The maximum atomic E-state index is 13.5. The molecule has 31 heavy (non-hydrogen) atoms. The monoisotopic (exact) mass is 497 g/mol. The number of hydrogen-bond acceptors (Lipinski definition) is 5. The third-order valence-electron chi connectivity index (χ3n) is 5.28. The first-order valence-corrected chi connectivity index (χ1v) is 12.0. The fourth-order valence-corrected chi connectivity index (χ4v) is 5.33. The van der Waals surface area contributed by atoms with Gasteiger partial charge < -0.3 is 4.74 Å². The van der Waals surface area contributed by atoms with Crippen LogP contribution >= 0.6 is 46.1 Å². The quantitative estimate of drug-likeness (QED) is 0.422. The number of carbonyl (C=O) groups is 1. The van der Waals surface area contributed by atoms with Gasteiger partial charge in [0.2, 0.25) is 0 Å². The molecule has 5 nitrogen and oxygen atoms in total. The molecule has 0 atom stereocenters. The lowest BCUT2D eigenvalue weighted by Gasteiger charge is -2.27. The molecule has 164 valence electrons. The van der Waals surface area contributed by atoms with Crippen molar-refractivity contribution in [3.05, 3.63) is 56.5 Å². The maximum Gasteiger partial charge on any atom is 0.260 e. The van der Waals surface area contributed by atoms with Gasteiger partial charge in [-0.25, -0.2) is 4.98 Å². The van der Waals surface area contributed by atoms with E-state index in [1.807, 2.05) is 19.1 Å². The van der Waals surface area contributed by atoms with E-state index >= 15 is 0 Å². The van der Waals surface area contributed by atoms with E-state index in [0.717, 1.165) is 55.0 Å². The van der Waals surface area contributed by atoms with E-state index in [-0.39, 0.29) is 5.91 Å². The Morgan fingerprint density at radius 2 is 1.87 bits per heavy atom. The zero-order valence-corrected chi connectivity index (χ0v) is 20.1. The van der Waals surface area contributed by atoms with Gasteiger partial charge in [0, 0.05) is 46.8 Å². The number of aryl methyl sites for hydroxylation is 1. The predicted molar refractivity (Wildman–Crippen MR) is 129 cm³/mol. The van der Waals surface area contributed by atoms with E-state index in [1.54, 1.807) is 23.1 Å². The van der Waals surface area contributed by atoms with Crippen LogP contribution in [0.25, 0.3) is 10.2 Å². The van der Waals surface area contributed by atoms with Crippen LogP contribution in [0, 0.1) is 6.92 Å². The molecule has 1 aliphatic heterocycles. The van der Waals surface area contributed by atoms with E-state index in [1.165, 1.54) is 11.3 Å². The zero-order chi connectivity index (χ0) is 22.0. The lowest BCUT2D eigenvalue weighted by atomic mass is 10.2. The van der Waals surface area contributed by atoms with Gasteiger partial charge in [0.25, 0.3) is 5.91 Å². The van der Waals surface area contributed by atoms with Crippen LogP contribution in [-0.4, -0.2) is 55.2 Å². The van der Waals surface area contributed by atoms with Crippen LogP contribution in [0.3, 0.4) is 0 Å². The number of thiazole rings is 1. The van der Waals surface area contributed by atoms with Gasteiger partial charge in [0.05, 0.1) is 23.4 Å². The molecular weight excluding hydrogens is 477 g/mol. The summed E-state index contributed by atoms with van der Waals surface area (Å²) in [5, 5.41) is 2.16. The fraction of sp³-hybridized carbons (Fsp3) is 0.364. The highest BCUT2D eigenvalue weighted by molar-refractivity contribution is 7.22. The van der Waals surface area contributed by atoms with Crippen LogP contribution in [-0.2, 0) is 4.74 Å². The van der Waals surface area contributed by atoms with E-state index < -0.39 is 0 Å². The third-order valence-corrected chi connectivity index (χ3v) is 7.17. The van der Waals surface area contributed by atoms with Crippen molar-refractivity contribution in [3.63, 3.8) is 0 Å². The van der Waals surface area contributed by atoms with Crippen molar-refractivity contribution in [2.75, 3.05) is 44.3 Å². The molecule has 1 fully saturated rings. The van der Waals surface area contributed by atoms with Gasteiger partial charge in [-0.05, 0) is 49.2 Å². The zero-order valence-electron chi connectivity index (χ0n) is 17.0. The van der Waals surface area contributed by atoms with Crippen LogP contribution in [0.2, 0.25) is 15.1 Å². The second-order valence-electron chi connectivity index (χ2n) is 7.44. The molecule has 0 radical (unpaired) electrons. The minimum atomic E-state index is -0.172. The number of aromatic nitrogens is 1. The molecule has 2 aromatic carbocycles. The van der Waals surface area contributed by atoms with Crippen LogP contribution in [0.15, 0.2) is 30.3 Å². The molecule has 1 saturated heterocycles. The van der Waals surface area contributed by atoms with Crippen molar-refractivity contribution in [1.29, 1.82) is 0 Å². The van der Waals surface area contributed by atoms with Crippen molar-refractivity contribution in [3.8, 4) is 0 Å². The summed E-state index contributed by atoms with van der Waals surface area (Å²) >= 11 is 20.1. The minimum absolute atomic E-state index is 0.172. The van der Waals surface area contributed by atoms with Gasteiger partial charge in [0.1, 0.15) is 0 Å². The maximum absolute atomic E-state index is 13.5. The normalized spacial score (nSPS) is 14.8. The van der Waals surface area contributed by atoms with Crippen molar-refractivity contribution < 1.29 is 9.53 Å². The molecular formula is C22H22Cl3N3O2S. The minimum Gasteiger partial charge on any atom is -0.379 e. The number of halogens is 3. The van der Waals surface area contributed by atoms with Gasteiger partial charge >= 0.3 is 0 Å². The first kappa shape index (κ1) is 22.8. The molecule has 0 N–H and O–H groups in total. The number of rotatable bonds is 6. The van der Waals surface area contributed by atoms with Crippen LogP contribution in [0.4, 0.5) is 5.13 Å². The summed E-state index contributed by atoms with van der Waals surface area (Å²) in [5.41, 5.74) is 2.17. The summed E-state index contributed by atoms with van der Waals surface area (Å²) in [6.07, 6.45) is 0.815. The van der Waals surface area contributed by atoms with Crippen molar-refractivity contribution in [2.45, 2.75) is 13.3 Å². The molecule has 0 saturated carbocycles. The van der Waals surface area contributed by atoms with E-state index in [0.29, 0.717) is 32.3 Å². The molecule has 1 aliphatic rings. The first-order valence-electron chi connectivity index (χ1n) is 10.1. The molecule has 0 spiro atoms. The van der Waals surface area contributed by atoms with E-state index in [9.17, 15) is 4.79 Å². The molecule has 1 amide bonds. The molecule has 0 unspecified atom stereocenters. The van der Waals surface area contributed by atoms with Gasteiger partial charge in [-0.15, -0.1) is 0 Å². The van der Waals surface area contributed by atoms with Gasteiger partial charge in [-0.1, -0.05) is 46.1 Å². The summed E-state index contributed by atoms with van der Waals surface area (Å²) in [4.78, 5) is 22.3. The molecule has 2 heterocycles. The number of carbonyl (C=O) groups excluding carboxylic acids is 1. The Morgan fingerprint density at radius 1 is 1.16 bits per heavy atom. The number of fused-ring (bicyclic) bond motifs is 1. The number of morpholine rings is 1. The number of anilines is 1. The number of benzene rings is 2. The Hall–Kier alpha value is -1.41. The third kappa shape index (κ3) is 5.33. The fourth-order valence-electron chi connectivity index (χ4n) is 3.60. The van der Waals surface area contributed by atoms with Gasteiger partial charge in [-0.2, -0.15) is 0 Å². The van der Waals surface area contributed by atoms with Gasteiger partial charge in [0.15, 0.2) is 5.13 Å². The largest absolute Gasteiger partial charge is 0.379 e. The topological polar surface area (TPSA) is 45.7 Å². The lowest BCUT2D eigenvalue weighted by Crippen LogP contribution is -2.39. The summed E-state index contributed by atoms with van der Waals surface area (Å²) in [7, 11) is 0. The molecule has 4 rings (SSSR count). The summed E-state index contributed by atoms with van der Waals surface area (Å²) in [5.74, 6) is -0.172. The number of ether oxygens (including phenoxy) is 1. The van der Waals surface area contributed by atoms with Crippen LogP contribution in [0.5, 0.6) is 0 Å². The second-order valence-corrected chi connectivity index (χ2v) is 9.73. The van der Waals surface area contributed by atoms with Crippen molar-refractivity contribution in [2.24, 2.45) is 0 Å². The molecule has 3 aromatic rings. The Balaban J connectivity index is 1.63. The standard InChI is InChI=1S/C22H22Cl3N3O2S/c1-14-18(25)3-4-19-20(14)26-22(31-19)28(6-2-5-27-7-9-30-10-8-27)21(29)15-11-16(23)13-17(24)12-15/h3-4,11-13H,2,5-10H2,1H3. The van der Waals surface area contributed by atoms with E-state index in [2.05, 4.69) is 4.90 Å². The number of amides is 1. The molecule has 1 aromatic heterocycles. The smallest absolute Gasteiger partial charge is 0.260 e. The average Bonchev–Trinajstić information content (AvgIpc) is 3.18. The highest BCUT2D eigenvalue weighted by Gasteiger charge is 2.23. The number of hydrogen-bond donors (Lipinski definition) is 0. The second kappa shape index (κ2) is 10.0. The van der Waals surface area contributed by atoms with E-state index in [4.69, 9.17) is 44.5 Å². The average molecular weight is 499 g/mol. The summed E-state index contributed by atoms with van der Waals surface area (Å²) < 4.78 is 6.41. The Bertz CT molecular complexity index is 1080. The SMILES string of the molecule is Cc1c(Cl)ccc2sc(N(CCCN3CCOCC3)C(=O)c3cc(Cl)cc(Cl)c3)nc12. The molecule has 0 aliphatic carbocycles. The summed E-state index contributed by atoms with van der Waals surface area (Å²) in [6, 6.07) is 8.70. The van der Waals surface area contributed by atoms with Crippen molar-refractivity contribution >= 4 is 67.4 Å². The highest BCUT2D eigenvalue weighted by Crippen LogP contribution is 2.34. The highest BCUT2D eigenvalue weighted by atomic mass is 35.5.